The van der Waals surface area contributed by atoms with Crippen LogP contribution in [-0.4, -0.2) is 38.3 Å². The zero-order valence-electron chi connectivity index (χ0n) is 13.3. The monoisotopic (exact) mass is 289 g/mol. The van der Waals surface area contributed by atoms with Gasteiger partial charge in [0.15, 0.2) is 5.82 Å². The van der Waals surface area contributed by atoms with Gasteiger partial charge in [-0.25, -0.2) is 15.0 Å². The Morgan fingerprint density at radius 1 is 1.24 bits per heavy atom. The minimum atomic E-state index is 0.288. The smallest absolute Gasteiger partial charge is 0.152 e. The summed E-state index contributed by atoms with van der Waals surface area (Å²) in [7, 11) is 3.74. The largest absolute Gasteiger partial charge is 0.373 e. The first-order valence-electron chi connectivity index (χ1n) is 7.16. The predicted molar refractivity (Wildman–Crippen MR) is 83.6 cm³/mol. The average Bonchev–Trinajstić information content (AvgIpc) is 2.86. The number of nitrogens with zero attached hydrogens (tertiary/aromatic N) is 5. The normalized spacial score (nSPS) is 11.0. The van der Waals surface area contributed by atoms with Crippen molar-refractivity contribution in [3.63, 3.8) is 0 Å². The average molecular weight is 289 g/mol. The molecule has 0 bridgehead atoms. The van der Waals surface area contributed by atoms with Crippen LogP contribution in [0.25, 0.3) is 0 Å². The molecule has 114 valence electrons. The Kier molecular flexibility index (Phi) is 4.72. The number of anilines is 2. The van der Waals surface area contributed by atoms with Crippen LogP contribution in [0, 0.1) is 6.92 Å². The minimum Gasteiger partial charge on any atom is -0.373 e. The van der Waals surface area contributed by atoms with E-state index in [-0.39, 0.29) is 5.92 Å². The quantitative estimate of drug-likeness (QED) is 0.843. The molecule has 0 fully saturated rings. The highest BCUT2D eigenvalue weighted by Gasteiger charge is 2.12. The first-order valence-corrected chi connectivity index (χ1v) is 7.16. The van der Waals surface area contributed by atoms with Crippen molar-refractivity contribution in [2.75, 3.05) is 24.2 Å². The maximum atomic E-state index is 4.61. The van der Waals surface area contributed by atoms with Crippen LogP contribution in [0.1, 0.15) is 37.0 Å². The zero-order valence-corrected chi connectivity index (χ0v) is 13.3. The summed E-state index contributed by atoms with van der Waals surface area (Å²) in [6, 6.07) is 0. The Bertz CT molecular complexity index is 603. The molecule has 2 heterocycles. The molecule has 7 nitrogen and oxygen atoms in total. The van der Waals surface area contributed by atoms with E-state index in [1.54, 1.807) is 11.0 Å². The summed E-state index contributed by atoms with van der Waals surface area (Å²) in [6.07, 6.45) is 2.47. The lowest BCUT2D eigenvalue weighted by Crippen LogP contribution is -2.13. The van der Waals surface area contributed by atoms with Gasteiger partial charge in [-0.2, -0.15) is 5.10 Å². The molecule has 0 saturated carbocycles. The Morgan fingerprint density at radius 2 is 1.95 bits per heavy atom. The van der Waals surface area contributed by atoms with Gasteiger partial charge in [-0.3, -0.25) is 4.68 Å². The maximum absolute atomic E-state index is 4.61. The van der Waals surface area contributed by atoms with Gasteiger partial charge in [0.25, 0.3) is 0 Å². The van der Waals surface area contributed by atoms with E-state index in [2.05, 4.69) is 44.5 Å². The van der Waals surface area contributed by atoms with Crippen molar-refractivity contribution in [2.45, 2.75) is 33.1 Å². The molecule has 0 aliphatic carbocycles. The summed E-state index contributed by atoms with van der Waals surface area (Å²) < 4.78 is 1.71. The summed E-state index contributed by atoms with van der Waals surface area (Å²) in [5.41, 5.74) is 1.02. The van der Waals surface area contributed by atoms with Crippen LogP contribution in [0.5, 0.6) is 0 Å². The van der Waals surface area contributed by atoms with E-state index in [0.717, 1.165) is 41.8 Å². The molecule has 2 aromatic rings. The zero-order chi connectivity index (χ0) is 15.4. The SMILES string of the molecule is CNc1nc(C(C)C)nc(NCCc2ncn(C)n2)c1C. The van der Waals surface area contributed by atoms with Crippen molar-refractivity contribution < 1.29 is 0 Å². The fourth-order valence-electron chi connectivity index (χ4n) is 2.00. The number of nitrogens with one attached hydrogen (secondary N) is 2. The van der Waals surface area contributed by atoms with Crippen LogP contribution < -0.4 is 10.6 Å². The first-order chi connectivity index (χ1) is 10.0. The molecule has 0 aliphatic rings. The number of aryl methyl sites for hydroxylation is 1. The summed E-state index contributed by atoms with van der Waals surface area (Å²) in [4.78, 5) is 13.4. The molecule has 0 amide bonds. The van der Waals surface area contributed by atoms with Crippen molar-refractivity contribution in [3.8, 4) is 0 Å². The molecule has 0 aliphatic heterocycles. The molecule has 0 atom stereocenters. The molecular formula is C14H23N7. The van der Waals surface area contributed by atoms with Crippen LogP contribution >= 0.6 is 0 Å². The van der Waals surface area contributed by atoms with Gasteiger partial charge in [0, 0.05) is 38.5 Å². The molecule has 0 radical (unpaired) electrons. The van der Waals surface area contributed by atoms with E-state index in [1.165, 1.54) is 0 Å². The molecule has 0 spiro atoms. The fraction of sp³-hybridized carbons (Fsp3) is 0.571. The van der Waals surface area contributed by atoms with Gasteiger partial charge >= 0.3 is 0 Å². The number of hydrogen-bond donors (Lipinski definition) is 2. The van der Waals surface area contributed by atoms with Gasteiger partial charge in [0.05, 0.1) is 0 Å². The lowest BCUT2D eigenvalue weighted by atomic mass is 10.2. The summed E-state index contributed by atoms with van der Waals surface area (Å²) in [5, 5.41) is 10.7. The third kappa shape index (κ3) is 3.68. The van der Waals surface area contributed by atoms with E-state index in [1.807, 2.05) is 21.0 Å². The Hall–Kier alpha value is -2.18. The van der Waals surface area contributed by atoms with Crippen molar-refractivity contribution in [3.05, 3.63) is 23.5 Å². The highest BCUT2D eigenvalue weighted by Crippen LogP contribution is 2.22. The second-order valence-electron chi connectivity index (χ2n) is 5.32. The van der Waals surface area contributed by atoms with E-state index < -0.39 is 0 Å². The van der Waals surface area contributed by atoms with Crippen LogP contribution in [0.4, 0.5) is 11.6 Å². The Morgan fingerprint density at radius 3 is 2.52 bits per heavy atom. The number of rotatable bonds is 6. The van der Waals surface area contributed by atoms with Gasteiger partial charge < -0.3 is 10.6 Å². The summed E-state index contributed by atoms with van der Waals surface area (Å²) >= 11 is 0. The molecule has 2 aromatic heterocycles. The van der Waals surface area contributed by atoms with Crippen LogP contribution in [0.2, 0.25) is 0 Å². The minimum absolute atomic E-state index is 0.288. The standard InChI is InChI=1S/C14H23N7/c1-9(2)12-18-13(15-4)10(3)14(19-12)16-7-6-11-17-8-21(5)20-11/h8-9H,6-7H2,1-5H3,(H2,15,16,18,19). The topological polar surface area (TPSA) is 80.5 Å². The lowest BCUT2D eigenvalue weighted by molar-refractivity contribution is 0.740. The molecular weight excluding hydrogens is 266 g/mol. The second kappa shape index (κ2) is 6.51. The fourth-order valence-corrected chi connectivity index (χ4v) is 2.00. The van der Waals surface area contributed by atoms with Gasteiger partial charge in [-0.15, -0.1) is 0 Å². The van der Waals surface area contributed by atoms with E-state index in [0.29, 0.717) is 0 Å². The van der Waals surface area contributed by atoms with Crippen LogP contribution in [0.15, 0.2) is 6.33 Å². The third-order valence-corrected chi connectivity index (χ3v) is 3.20. The third-order valence-electron chi connectivity index (χ3n) is 3.20. The van der Waals surface area contributed by atoms with Gasteiger partial charge in [0.1, 0.15) is 23.8 Å². The van der Waals surface area contributed by atoms with E-state index in [4.69, 9.17) is 0 Å². The molecule has 2 N–H and O–H groups in total. The lowest BCUT2D eigenvalue weighted by Gasteiger charge is -2.14. The van der Waals surface area contributed by atoms with Crippen LogP contribution in [-0.2, 0) is 13.5 Å². The first kappa shape index (κ1) is 15.2. The number of hydrogen-bond acceptors (Lipinski definition) is 6. The maximum Gasteiger partial charge on any atom is 0.152 e. The van der Waals surface area contributed by atoms with Crippen molar-refractivity contribution >= 4 is 11.6 Å². The van der Waals surface area contributed by atoms with Gasteiger partial charge in [-0.05, 0) is 6.92 Å². The molecule has 7 heteroatoms. The van der Waals surface area contributed by atoms with E-state index >= 15 is 0 Å². The summed E-state index contributed by atoms with van der Waals surface area (Å²) in [6.45, 7) is 6.93. The highest BCUT2D eigenvalue weighted by atomic mass is 15.3. The molecule has 0 saturated heterocycles. The summed E-state index contributed by atoms with van der Waals surface area (Å²) in [5.74, 6) is 3.69. The van der Waals surface area contributed by atoms with Crippen molar-refractivity contribution in [1.29, 1.82) is 0 Å². The number of aromatic nitrogens is 5. The van der Waals surface area contributed by atoms with E-state index in [9.17, 15) is 0 Å². The second-order valence-corrected chi connectivity index (χ2v) is 5.32. The van der Waals surface area contributed by atoms with Gasteiger partial charge in [0.2, 0.25) is 0 Å². The molecule has 21 heavy (non-hydrogen) atoms. The molecule has 0 unspecified atom stereocenters. The molecule has 0 aromatic carbocycles. The Balaban J connectivity index is 2.09. The Labute approximate surface area is 125 Å². The predicted octanol–water partition coefficient (Wildman–Crippen LogP) is 1.73. The van der Waals surface area contributed by atoms with Crippen molar-refractivity contribution in [1.82, 2.24) is 24.7 Å². The van der Waals surface area contributed by atoms with Crippen LogP contribution in [0.3, 0.4) is 0 Å². The highest BCUT2D eigenvalue weighted by molar-refractivity contribution is 5.57. The van der Waals surface area contributed by atoms with Gasteiger partial charge in [-0.1, -0.05) is 13.8 Å². The van der Waals surface area contributed by atoms with Crippen molar-refractivity contribution in [2.24, 2.45) is 7.05 Å². The molecule has 2 rings (SSSR count).